The topological polar surface area (TPSA) is 38.3 Å². The maximum atomic E-state index is 11.8. The van der Waals surface area contributed by atoms with Crippen LogP contribution in [0.2, 0.25) is 0 Å². The predicted octanol–water partition coefficient (Wildman–Crippen LogP) is 2.74. The fourth-order valence-corrected chi connectivity index (χ4v) is 2.66. The SMILES string of the molecule is CCC(C)C(NC1CCC(C)(C)C1)C(=O)OC. The van der Waals surface area contributed by atoms with Crippen LogP contribution in [0.5, 0.6) is 0 Å². The van der Waals surface area contributed by atoms with E-state index in [0.29, 0.717) is 17.4 Å². The fraction of sp³-hybridized carbons (Fsp3) is 0.929. The van der Waals surface area contributed by atoms with E-state index < -0.39 is 0 Å². The standard InChI is InChI=1S/C14H27NO2/c1-6-10(2)12(13(16)17-5)15-11-7-8-14(3,4)9-11/h10-12,15H,6-9H2,1-5H3. The summed E-state index contributed by atoms with van der Waals surface area (Å²) in [5, 5.41) is 3.50. The first kappa shape index (κ1) is 14.5. The van der Waals surface area contributed by atoms with E-state index in [0.717, 1.165) is 19.3 Å². The lowest BCUT2D eigenvalue weighted by molar-refractivity contribution is -0.144. The van der Waals surface area contributed by atoms with Crippen LogP contribution in [0, 0.1) is 11.3 Å². The van der Waals surface area contributed by atoms with E-state index in [-0.39, 0.29) is 12.0 Å². The van der Waals surface area contributed by atoms with Gasteiger partial charge in [-0.15, -0.1) is 0 Å². The van der Waals surface area contributed by atoms with Gasteiger partial charge in [-0.25, -0.2) is 0 Å². The summed E-state index contributed by atoms with van der Waals surface area (Å²) in [6.07, 6.45) is 4.54. The number of hydrogen-bond donors (Lipinski definition) is 1. The molecular formula is C14H27NO2. The molecule has 0 amide bonds. The smallest absolute Gasteiger partial charge is 0.323 e. The van der Waals surface area contributed by atoms with Gasteiger partial charge in [-0.2, -0.15) is 0 Å². The highest BCUT2D eigenvalue weighted by Crippen LogP contribution is 2.37. The highest BCUT2D eigenvalue weighted by molar-refractivity contribution is 5.76. The van der Waals surface area contributed by atoms with Crippen molar-refractivity contribution in [2.24, 2.45) is 11.3 Å². The molecule has 1 rings (SSSR count). The largest absolute Gasteiger partial charge is 0.468 e. The Morgan fingerprint density at radius 2 is 2.18 bits per heavy atom. The molecule has 1 aliphatic rings. The molecule has 0 aromatic heterocycles. The molecule has 0 saturated heterocycles. The Morgan fingerprint density at radius 1 is 1.53 bits per heavy atom. The van der Waals surface area contributed by atoms with Crippen LogP contribution in [0.4, 0.5) is 0 Å². The Labute approximate surface area is 105 Å². The van der Waals surface area contributed by atoms with Crippen molar-refractivity contribution < 1.29 is 9.53 Å². The summed E-state index contributed by atoms with van der Waals surface area (Å²) in [6, 6.07) is 0.312. The molecule has 100 valence electrons. The van der Waals surface area contributed by atoms with Gasteiger partial charge in [0.2, 0.25) is 0 Å². The van der Waals surface area contributed by atoms with Crippen LogP contribution < -0.4 is 5.32 Å². The molecule has 17 heavy (non-hydrogen) atoms. The van der Waals surface area contributed by atoms with Gasteiger partial charge in [0.05, 0.1) is 7.11 Å². The lowest BCUT2D eigenvalue weighted by Crippen LogP contribution is -2.47. The van der Waals surface area contributed by atoms with E-state index in [1.54, 1.807) is 0 Å². The van der Waals surface area contributed by atoms with E-state index in [4.69, 9.17) is 4.74 Å². The second-order valence-electron chi connectivity index (χ2n) is 6.16. The third-order valence-corrected chi connectivity index (χ3v) is 4.05. The second-order valence-corrected chi connectivity index (χ2v) is 6.16. The van der Waals surface area contributed by atoms with Gasteiger partial charge in [0.25, 0.3) is 0 Å². The van der Waals surface area contributed by atoms with Gasteiger partial charge in [-0.05, 0) is 30.6 Å². The van der Waals surface area contributed by atoms with Crippen molar-refractivity contribution in [1.82, 2.24) is 5.32 Å². The number of nitrogens with one attached hydrogen (secondary N) is 1. The molecule has 3 nitrogen and oxygen atoms in total. The molecule has 1 fully saturated rings. The number of hydrogen-bond acceptors (Lipinski definition) is 3. The molecule has 0 aromatic rings. The zero-order valence-electron chi connectivity index (χ0n) is 11.9. The number of carbonyl (C=O) groups excluding carboxylic acids is 1. The van der Waals surface area contributed by atoms with Crippen molar-refractivity contribution in [3.05, 3.63) is 0 Å². The maximum Gasteiger partial charge on any atom is 0.323 e. The normalized spacial score (nSPS) is 26.5. The number of methoxy groups -OCH3 is 1. The number of esters is 1. The molecule has 0 aliphatic heterocycles. The summed E-state index contributed by atoms with van der Waals surface area (Å²) in [5.74, 6) is 0.204. The molecule has 1 saturated carbocycles. The summed E-state index contributed by atoms with van der Waals surface area (Å²) in [7, 11) is 1.47. The van der Waals surface area contributed by atoms with E-state index in [1.165, 1.54) is 13.5 Å². The van der Waals surface area contributed by atoms with E-state index in [1.807, 2.05) is 0 Å². The minimum atomic E-state index is -0.149. The van der Waals surface area contributed by atoms with E-state index >= 15 is 0 Å². The molecule has 0 radical (unpaired) electrons. The molecule has 0 heterocycles. The Morgan fingerprint density at radius 3 is 2.59 bits per heavy atom. The van der Waals surface area contributed by atoms with Crippen LogP contribution in [0.3, 0.4) is 0 Å². The number of rotatable bonds is 5. The first-order chi connectivity index (χ1) is 7.89. The molecule has 3 unspecified atom stereocenters. The first-order valence-electron chi connectivity index (χ1n) is 6.73. The lowest BCUT2D eigenvalue weighted by atomic mass is 9.91. The summed E-state index contributed by atoms with van der Waals surface area (Å²) in [6.45, 7) is 8.81. The quantitative estimate of drug-likeness (QED) is 0.752. The zero-order valence-corrected chi connectivity index (χ0v) is 11.9. The van der Waals surface area contributed by atoms with Crippen LogP contribution in [0.25, 0.3) is 0 Å². The summed E-state index contributed by atoms with van der Waals surface area (Å²) < 4.78 is 4.90. The first-order valence-corrected chi connectivity index (χ1v) is 6.73. The Hall–Kier alpha value is -0.570. The van der Waals surface area contributed by atoms with Crippen molar-refractivity contribution in [3.8, 4) is 0 Å². The lowest BCUT2D eigenvalue weighted by Gasteiger charge is -2.26. The highest BCUT2D eigenvalue weighted by Gasteiger charge is 2.34. The third-order valence-electron chi connectivity index (χ3n) is 4.05. The second kappa shape index (κ2) is 5.85. The molecule has 1 N–H and O–H groups in total. The van der Waals surface area contributed by atoms with Crippen molar-refractivity contribution in [2.45, 2.75) is 65.5 Å². The van der Waals surface area contributed by atoms with Crippen LogP contribution in [-0.2, 0) is 9.53 Å². The van der Waals surface area contributed by atoms with Crippen LogP contribution in [0.1, 0.15) is 53.4 Å². The highest BCUT2D eigenvalue weighted by atomic mass is 16.5. The summed E-state index contributed by atoms with van der Waals surface area (Å²) >= 11 is 0. The molecular weight excluding hydrogens is 214 g/mol. The molecule has 3 heteroatoms. The number of ether oxygens (including phenoxy) is 1. The molecule has 0 spiro atoms. The minimum absolute atomic E-state index is 0.121. The van der Waals surface area contributed by atoms with Crippen LogP contribution >= 0.6 is 0 Å². The number of carbonyl (C=O) groups is 1. The third kappa shape index (κ3) is 3.98. The van der Waals surface area contributed by atoms with Gasteiger partial charge in [-0.3, -0.25) is 4.79 Å². The Bertz CT molecular complexity index is 263. The Kier molecular flexibility index (Phi) is 4.99. The van der Waals surface area contributed by atoms with Crippen LogP contribution in [-0.4, -0.2) is 25.2 Å². The van der Waals surface area contributed by atoms with Gasteiger partial charge in [0.1, 0.15) is 6.04 Å². The molecule has 3 atom stereocenters. The summed E-state index contributed by atoms with van der Waals surface area (Å²) in [4.78, 5) is 11.8. The van der Waals surface area contributed by atoms with Gasteiger partial charge in [0, 0.05) is 6.04 Å². The van der Waals surface area contributed by atoms with E-state index in [9.17, 15) is 4.79 Å². The van der Waals surface area contributed by atoms with E-state index in [2.05, 4.69) is 33.0 Å². The average molecular weight is 241 g/mol. The average Bonchev–Trinajstić information content (AvgIpc) is 2.63. The summed E-state index contributed by atoms with van der Waals surface area (Å²) in [5.41, 5.74) is 0.411. The minimum Gasteiger partial charge on any atom is -0.468 e. The van der Waals surface area contributed by atoms with Crippen molar-refractivity contribution >= 4 is 5.97 Å². The predicted molar refractivity (Wildman–Crippen MR) is 69.8 cm³/mol. The van der Waals surface area contributed by atoms with Crippen molar-refractivity contribution in [1.29, 1.82) is 0 Å². The van der Waals surface area contributed by atoms with Gasteiger partial charge < -0.3 is 10.1 Å². The Balaban J connectivity index is 2.58. The molecule has 0 bridgehead atoms. The fourth-order valence-electron chi connectivity index (χ4n) is 2.66. The zero-order chi connectivity index (χ0) is 13.1. The van der Waals surface area contributed by atoms with Gasteiger partial charge in [0.15, 0.2) is 0 Å². The van der Waals surface area contributed by atoms with Crippen molar-refractivity contribution in [2.75, 3.05) is 7.11 Å². The van der Waals surface area contributed by atoms with Gasteiger partial charge in [-0.1, -0.05) is 34.1 Å². The van der Waals surface area contributed by atoms with Crippen LogP contribution in [0.15, 0.2) is 0 Å². The van der Waals surface area contributed by atoms with Crippen molar-refractivity contribution in [3.63, 3.8) is 0 Å². The molecule has 1 aliphatic carbocycles. The maximum absolute atomic E-state index is 11.8. The molecule has 0 aromatic carbocycles. The van der Waals surface area contributed by atoms with Gasteiger partial charge >= 0.3 is 5.97 Å². The monoisotopic (exact) mass is 241 g/mol.